The number of benzene rings is 2. The summed E-state index contributed by atoms with van der Waals surface area (Å²) in [5, 5.41) is 13.9. The standard InChI is InChI=1S/C22H28N4O3/c1-15-13-16(2)21(17(3)14-15)23-22(27)18(4)24-9-11-25(12-10-24)19-5-7-20(8-6-19)26(28)29/h5-8,13-14,18H,9-12H2,1-4H3,(H,23,27)/t18-/m1/s1. The molecule has 0 bridgehead atoms. The molecule has 0 spiro atoms. The zero-order valence-electron chi connectivity index (χ0n) is 17.4. The molecule has 29 heavy (non-hydrogen) atoms. The maximum atomic E-state index is 12.8. The minimum Gasteiger partial charge on any atom is -0.369 e. The van der Waals surface area contributed by atoms with Crippen molar-refractivity contribution in [1.29, 1.82) is 0 Å². The van der Waals surface area contributed by atoms with Crippen molar-refractivity contribution in [3.05, 3.63) is 63.2 Å². The van der Waals surface area contributed by atoms with Gasteiger partial charge in [-0.2, -0.15) is 0 Å². The molecule has 1 N–H and O–H groups in total. The Balaban J connectivity index is 1.59. The maximum absolute atomic E-state index is 12.8. The average Bonchev–Trinajstić information content (AvgIpc) is 2.70. The zero-order chi connectivity index (χ0) is 21.1. The minimum atomic E-state index is -0.389. The highest BCUT2D eigenvalue weighted by atomic mass is 16.6. The number of nitro groups is 1. The van der Waals surface area contributed by atoms with Crippen LogP contribution in [0.25, 0.3) is 0 Å². The van der Waals surface area contributed by atoms with Crippen LogP contribution in [0.3, 0.4) is 0 Å². The summed E-state index contributed by atoms with van der Waals surface area (Å²) in [7, 11) is 0. The smallest absolute Gasteiger partial charge is 0.269 e. The van der Waals surface area contributed by atoms with Crippen LogP contribution in [0.1, 0.15) is 23.6 Å². The first kappa shape index (κ1) is 20.8. The summed E-state index contributed by atoms with van der Waals surface area (Å²) in [5.41, 5.74) is 5.31. The first-order valence-corrected chi connectivity index (χ1v) is 9.88. The van der Waals surface area contributed by atoms with Crippen molar-refractivity contribution in [2.75, 3.05) is 36.4 Å². The van der Waals surface area contributed by atoms with E-state index in [4.69, 9.17) is 0 Å². The molecule has 1 fully saturated rings. The van der Waals surface area contributed by atoms with Crippen LogP contribution in [0.4, 0.5) is 17.1 Å². The molecule has 0 saturated carbocycles. The van der Waals surface area contributed by atoms with E-state index in [0.717, 1.165) is 48.7 Å². The topological polar surface area (TPSA) is 78.7 Å². The third-order valence-corrected chi connectivity index (χ3v) is 5.59. The fraction of sp³-hybridized carbons (Fsp3) is 0.409. The normalized spacial score (nSPS) is 15.8. The average molecular weight is 396 g/mol. The first-order valence-electron chi connectivity index (χ1n) is 9.88. The second kappa shape index (κ2) is 8.61. The summed E-state index contributed by atoms with van der Waals surface area (Å²) < 4.78 is 0. The van der Waals surface area contributed by atoms with Gasteiger partial charge in [0.25, 0.3) is 5.69 Å². The van der Waals surface area contributed by atoms with Gasteiger partial charge in [0.2, 0.25) is 5.91 Å². The Morgan fingerprint density at radius 1 is 1.03 bits per heavy atom. The molecule has 1 aliphatic rings. The number of aryl methyl sites for hydroxylation is 3. The summed E-state index contributed by atoms with van der Waals surface area (Å²) in [6, 6.07) is 10.6. The van der Waals surface area contributed by atoms with E-state index >= 15 is 0 Å². The van der Waals surface area contributed by atoms with Crippen molar-refractivity contribution in [2.24, 2.45) is 0 Å². The molecule has 154 valence electrons. The number of nitrogens with zero attached hydrogens (tertiary/aromatic N) is 3. The Hall–Kier alpha value is -2.93. The van der Waals surface area contributed by atoms with E-state index in [9.17, 15) is 14.9 Å². The fourth-order valence-corrected chi connectivity index (χ4v) is 3.92. The Kier molecular flexibility index (Phi) is 6.17. The van der Waals surface area contributed by atoms with E-state index < -0.39 is 0 Å². The van der Waals surface area contributed by atoms with Gasteiger partial charge in [-0.05, 0) is 51.0 Å². The number of carbonyl (C=O) groups excluding carboxylic acids is 1. The highest BCUT2D eigenvalue weighted by Crippen LogP contribution is 2.24. The largest absolute Gasteiger partial charge is 0.369 e. The SMILES string of the molecule is Cc1cc(C)c(NC(=O)[C@@H](C)N2CCN(c3ccc([N+](=O)[O-])cc3)CC2)c(C)c1. The second-order valence-corrected chi connectivity index (χ2v) is 7.74. The number of rotatable bonds is 5. The van der Waals surface area contributed by atoms with Crippen molar-refractivity contribution in [3.8, 4) is 0 Å². The third-order valence-electron chi connectivity index (χ3n) is 5.59. The fourth-order valence-electron chi connectivity index (χ4n) is 3.92. The van der Waals surface area contributed by atoms with E-state index in [1.165, 1.54) is 17.7 Å². The van der Waals surface area contributed by atoms with Gasteiger partial charge in [-0.25, -0.2) is 0 Å². The number of hydrogen-bond acceptors (Lipinski definition) is 5. The molecule has 3 rings (SSSR count). The van der Waals surface area contributed by atoms with Gasteiger partial charge in [-0.1, -0.05) is 17.7 Å². The highest BCUT2D eigenvalue weighted by molar-refractivity contribution is 5.96. The number of nitro benzene ring substituents is 1. The highest BCUT2D eigenvalue weighted by Gasteiger charge is 2.26. The Labute approximate surface area is 171 Å². The van der Waals surface area contributed by atoms with Crippen LogP contribution < -0.4 is 10.2 Å². The number of anilines is 2. The van der Waals surface area contributed by atoms with E-state index in [1.807, 2.05) is 20.8 Å². The molecule has 2 aromatic rings. The summed E-state index contributed by atoms with van der Waals surface area (Å²) in [6.07, 6.45) is 0. The lowest BCUT2D eigenvalue weighted by Crippen LogP contribution is -2.52. The Morgan fingerprint density at radius 2 is 1.59 bits per heavy atom. The second-order valence-electron chi connectivity index (χ2n) is 7.74. The molecule has 1 saturated heterocycles. The predicted octanol–water partition coefficient (Wildman–Crippen LogP) is 3.67. The van der Waals surface area contributed by atoms with Gasteiger partial charge in [0.05, 0.1) is 11.0 Å². The molecular formula is C22H28N4O3. The molecule has 0 unspecified atom stereocenters. The molecule has 0 aliphatic carbocycles. The lowest BCUT2D eigenvalue weighted by molar-refractivity contribution is -0.384. The van der Waals surface area contributed by atoms with Gasteiger partial charge in [0, 0.05) is 49.7 Å². The summed E-state index contributed by atoms with van der Waals surface area (Å²) in [4.78, 5) is 27.6. The number of nitrogens with one attached hydrogen (secondary N) is 1. The molecule has 1 atom stereocenters. The van der Waals surface area contributed by atoms with Crippen molar-refractivity contribution >= 4 is 23.0 Å². The van der Waals surface area contributed by atoms with E-state index in [2.05, 4.69) is 34.2 Å². The summed E-state index contributed by atoms with van der Waals surface area (Å²) in [6.45, 7) is 11.1. The van der Waals surface area contributed by atoms with Crippen LogP contribution in [0, 0.1) is 30.9 Å². The number of piperazine rings is 1. The van der Waals surface area contributed by atoms with Gasteiger partial charge in [-0.15, -0.1) is 0 Å². The van der Waals surface area contributed by atoms with Crippen molar-refractivity contribution in [1.82, 2.24) is 4.90 Å². The van der Waals surface area contributed by atoms with Gasteiger partial charge < -0.3 is 10.2 Å². The molecule has 2 aromatic carbocycles. The molecule has 1 heterocycles. The number of non-ortho nitro benzene ring substituents is 1. The lowest BCUT2D eigenvalue weighted by Gasteiger charge is -2.38. The van der Waals surface area contributed by atoms with Crippen LogP contribution >= 0.6 is 0 Å². The van der Waals surface area contributed by atoms with Crippen molar-refractivity contribution < 1.29 is 9.72 Å². The van der Waals surface area contributed by atoms with Crippen LogP contribution in [0.2, 0.25) is 0 Å². The molecule has 7 heteroatoms. The number of carbonyl (C=O) groups is 1. The monoisotopic (exact) mass is 396 g/mol. The summed E-state index contributed by atoms with van der Waals surface area (Å²) in [5.74, 6) is 0.00355. The predicted molar refractivity (Wildman–Crippen MR) is 116 cm³/mol. The maximum Gasteiger partial charge on any atom is 0.269 e. The summed E-state index contributed by atoms with van der Waals surface area (Å²) >= 11 is 0. The van der Waals surface area contributed by atoms with Gasteiger partial charge in [-0.3, -0.25) is 19.8 Å². The molecule has 0 aromatic heterocycles. The molecule has 1 aliphatic heterocycles. The lowest BCUT2D eigenvalue weighted by atomic mass is 10.0. The van der Waals surface area contributed by atoms with E-state index in [0.29, 0.717) is 0 Å². The van der Waals surface area contributed by atoms with Crippen LogP contribution in [0.5, 0.6) is 0 Å². The Bertz CT molecular complexity index is 880. The van der Waals surface area contributed by atoms with Crippen LogP contribution in [-0.2, 0) is 4.79 Å². The number of hydrogen-bond donors (Lipinski definition) is 1. The van der Waals surface area contributed by atoms with E-state index in [1.54, 1.807) is 12.1 Å². The molecule has 0 radical (unpaired) electrons. The van der Waals surface area contributed by atoms with Gasteiger partial charge in [0.15, 0.2) is 0 Å². The van der Waals surface area contributed by atoms with E-state index in [-0.39, 0.29) is 22.6 Å². The minimum absolute atomic E-state index is 0.00355. The van der Waals surface area contributed by atoms with Gasteiger partial charge >= 0.3 is 0 Å². The molecule has 7 nitrogen and oxygen atoms in total. The first-order chi connectivity index (χ1) is 13.8. The number of amides is 1. The zero-order valence-corrected chi connectivity index (χ0v) is 17.4. The quantitative estimate of drug-likeness (QED) is 0.616. The molecule has 1 amide bonds. The van der Waals surface area contributed by atoms with Crippen molar-refractivity contribution in [2.45, 2.75) is 33.7 Å². The Morgan fingerprint density at radius 3 is 2.10 bits per heavy atom. The van der Waals surface area contributed by atoms with Crippen LogP contribution in [-0.4, -0.2) is 48.0 Å². The van der Waals surface area contributed by atoms with Crippen LogP contribution in [0.15, 0.2) is 36.4 Å². The van der Waals surface area contributed by atoms with Gasteiger partial charge in [0.1, 0.15) is 0 Å². The van der Waals surface area contributed by atoms with Crippen molar-refractivity contribution in [3.63, 3.8) is 0 Å². The third kappa shape index (κ3) is 4.74. The molecular weight excluding hydrogens is 368 g/mol.